The summed E-state index contributed by atoms with van der Waals surface area (Å²) in [5.74, 6) is -5.07. The molecular weight excluding hydrogens is 675 g/mol. The Morgan fingerprint density at radius 3 is 2.30 bits per heavy atom. The first-order valence-corrected chi connectivity index (χ1v) is 16.2. The zero-order chi connectivity index (χ0) is 36.9. The lowest BCUT2D eigenvalue weighted by atomic mass is 9.75. The molecule has 1 amide bonds. The zero-order valence-corrected chi connectivity index (χ0v) is 28.0. The topological polar surface area (TPSA) is 147 Å². The van der Waals surface area contributed by atoms with Crippen LogP contribution in [-0.2, 0) is 42.4 Å². The molecule has 50 heavy (non-hydrogen) atoms. The molecule has 280 valence electrons. The summed E-state index contributed by atoms with van der Waals surface area (Å²) >= 11 is 0. The number of nitrogens with zero attached hydrogens (tertiary/aromatic N) is 1. The van der Waals surface area contributed by atoms with Gasteiger partial charge in [-0.3, -0.25) is 4.79 Å². The van der Waals surface area contributed by atoms with Gasteiger partial charge >= 0.3 is 12.1 Å². The van der Waals surface area contributed by atoms with Crippen LogP contribution in [0, 0.1) is 17.6 Å². The van der Waals surface area contributed by atoms with Gasteiger partial charge in [0, 0.05) is 40.0 Å². The minimum atomic E-state index is -5.08. The lowest BCUT2D eigenvalue weighted by Gasteiger charge is -2.45. The first kappa shape index (κ1) is 41.0. The predicted molar refractivity (Wildman–Crippen MR) is 169 cm³/mol. The number of piperidine rings is 1. The number of rotatable bonds is 17. The van der Waals surface area contributed by atoms with Crippen molar-refractivity contribution in [1.29, 1.82) is 0 Å². The van der Waals surface area contributed by atoms with Crippen LogP contribution in [0.25, 0.3) is 0 Å². The van der Waals surface area contributed by atoms with E-state index >= 15 is 0 Å². The second kappa shape index (κ2) is 19.3. The molecule has 2 aromatic rings. The molecule has 1 saturated carbocycles. The molecule has 1 aliphatic heterocycles. The quantitative estimate of drug-likeness (QED) is 0.141. The fourth-order valence-corrected chi connectivity index (χ4v) is 5.69. The molecule has 16 heteroatoms. The highest BCUT2D eigenvalue weighted by molar-refractivity contribution is 5.81. The monoisotopic (exact) mass is 720 g/mol. The normalized spacial score (nSPS) is 19.7. The van der Waals surface area contributed by atoms with Crippen LogP contribution in [0.5, 0.6) is 5.75 Å². The molecule has 2 aliphatic rings. The molecule has 1 unspecified atom stereocenters. The Morgan fingerprint density at radius 2 is 1.70 bits per heavy atom. The Balaban J connectivity index is 0.000000872. The Bertz CT molecular complexity index is 1370. The number of halogens is 5. The summed E-state index contributed by atoms with van der Waals surface area (Å²) in [4.78, 5) is 25.2. The molecule has 0 bridgehead atoms. The molecule has 1 heterocycles. The average Bonchev–Trinajstić information content (AvgIpc) is 3.93. The number of amides is 1. The van der Waals surface area contributed by atoms with E-state index in [0.717, 1.165) is 48.9 Å². The largest absolute Gasteiger partial charge is 0.491 e. The van der Waals surface area contributed by atoms with Gasteiger partial charge in [0.2, 0.25) is 5.91 Å². The molecule has 0 aromatic heterocycles. The lowest BCUT2D eigenvalue weighted by Crippen LogP contribution is -2.57. The first-order valence-electron chi connectivity index (χ1n) is 16.2. The second-order valence-electron chi connectivity index (χ2n) is 12.1. The molecule has 0 spiro atoms. The van der Waals surface area contributed by atoms with E-state index in [2.05, 4.69) is 11.4 Å². The molecule has 2 aromatic carbocycles. The van der Waals surface area contributed by atoms with Gasteiger partial charge in [-0.25, -0.2) is 13.6 Å². The highest BCUT2D eigenvalue weighted by Crippen LogP contribution is 2.43. The standard InChI is InChI=1S/C32H44F2N2O7.C2HF3O2/c1-40-11-3-4-22-14-23(16-27(15-22)42-13-12-41-2)19-36(25-6-7-25)31(39)28-18-35-10-9-32(28,43-21-26(38)20-37)24-5-8-29(33)30(34)17-24;3-2(4,5)1(6)7/h5,8,14-17,25-26,28,35,37-38H,3-4,6-7,9-13,18-21H2,1-2H3;(H,6,7)/t26?,28-,32+;/m1./s1. The molecule has 2 fully saturated rings. The number of aliphatic hydroxyl groups excluding tert-OH is 2. The number of aryl methyl sites for hydroxylation is 1. The summed E-state index contributed by atoms with van der Waals surface area (Å²) in [7, 11) is 3.29. The molecule has 0 radical (unpaired) electrons. The van der Waals surface area contributed by atoms with Crippen LogP contribution in [-0.4, -0.2) is 111 Å². The van der Waals surface area contributed by atoms with Gasteiger partial charge in [-0.1, -0.05) is 12.1 Å². The van der Waals surface area contributed by atoms with Gasteiger partial charge in [-0.15, -0.1) is 0 Å². The number of carboxylic acids is 1. The lowest BCUT2D eigenvalue weighted by molar-refractivity contribution is -0.192. The number of methoxy groups -OCH3 is 2. The number of carbonyl (C=O) groups excluding carboxylic acids is 1. The zero-order valence-electron chi connectivity index (χ0n) is 28.0. The highest BCUT2D eigenvalue weighted by atomic mass is 19.4. The van der Waals surface area contributed by atoms with Crippen molar-refractivity contribution in [3.8, 4) is 5.75 Å². The Kier molecular flexibility index (Phi) is 15.8. The van der Waals surface area contributed by atoms with Crippen LogP contribution in [0.4, 0.5) is 22.0 Å². The smallest absolute Gasteiger partial charge is 0.490 e. The van der Waals surface area contributed by atoms with E-state index in [9.17, 15) is 37.0 Å². The van der Waals surface area contributed by atoms with Crippen molar-refractivity contribution in [2.24, 2.45) is 5.92 Å². The number of ether oxygens (including phenoxy) is 4. The Labute approximate surface area is 287 Å². The number of nitrogens with one attached hydrogen (secondary N) is 1. The maximum Gasteiger partial charge on any atom is 0.490 e. The highest BCUT2D eigenvalue weighted by Gasteiger charge is 2.50. The number of hydrogen-bond acceptors (Lipinski definition) is 9. The molecular formula is C34H45F5N2O9. The molecule has 4 N–H and O–H groups in total. The summed E-state index contributed by atoms with van der Waals surface area (Å²) in [5, 5.41) is 30.0. The van der Waals surface area contributed by atoms with Gasteiger partial charge in [-0.05, 0) is 79.6 Å². The van der Waals surface area contributed by atoms with E-state index in [-0.39, 0.29) is 31.5 Å². The van der Waals surface area contributed by atoms with Crippen molar-refractivity contribution in [1.82, 2.24) is 10.2 Å². The van der Waals surface area contributed by atoms with E-state index < -0.39 is 48.0 Å². The van der Waals surface area contributed by atoms with Crippen molar-refractivity contribution < 1.29 is 65.8 Å². The maximum atomic E-state index is 14.5. The third-order valence-electron chi connectivity index (χ3n) is 8.30. The third-order valence-corrected chi connectivity index (χ3v) is 8.30. The number of carboxylic acid groups (broad SMARTS) is 1. The van der Waals surface area contributed by atoms with Gasteiger partial charge in [0.25, 0.3) is 0 Å². The summed E-state index contributed by atoms with van der Waals surface area (Å²) in [6.07, 6.45) is -2.64. The van der Waals surface area contributed by atoms with E-state index in [1.165, 1.54) is 6.07 Å². The van der Waals surface area contributed by atoms with Crippen molar-refractivity contribution in [2.45, 2.75) is 62.6 Å². The second-order valence-corrected chi connectivity index (χ2v) is 12.1. The van der Waals surface area contributed by atoms with Crippen LogP contribution in [0.1, 0.15) is 42.4 Å². The number of alkyl halides is 3. The summed E-state index contributed by atoms with van der Waals surface area (Å²) in [6, 6.07) is 9.59. The summed E-state index contributed by atoms with van der Waals surface area (Å²) < 4.78 is 82.8. The van der Waals surface area contributed by atoms with Crippen LogP contribution in [0.2, 0.25) is 0 Å². The fraction of sp³-hybridized carbons (Fsp3) is 0.588. The molecule has 1 saturated heterocycles. The minimum Gasteiger partial charge on any atom is -0.491 e. The number of aliphatic carboxylic acids is 1. The van der Waals surface area contributed by atoms with Crippen LogP contribution >= 0.6 is 0 Å². The number of hydrogen-bond donors (Lipinski definition) is 4. The van der Waals surface area contributed by atoms with Crippen molar-refractivity contribution >= 4 is 11.9 Å². The molecule has 3 atom stereocenters. The van der Waals surface area contributed by atoms with E-state index in [1.807, 2.05) is 17.0 Å². The van der Waals surface area contributed by atoms with E-state index in [0.29, 0.717) is 44.2 Å². The third kappa shape index (κ3) is 11.8. The van der Waals surface area contributed by atoms with Crippen LogP contribution < -0.4 is 10.1 Å². The number of benzene rings is 2. The van der Waals surface area contributed by atoms with E-state index in [1.54, 1.807) is 14.2 Å². The van der Waals surface area contributed by atoms with Gasteiger partial charge in [0.1, 0.15) is 24.1 Å². The Morgan fingerprint density at radius 1 is 1.02 bits per heavy atom. The van der Waals surface area contributed by atoms with E-state index in [4.69, 9.17) is 28.8 Å². The summed E-state index contributed by atoms with van der Waals surface area (Å²) in [5.41, 5.74) is 0.973. The van der Waals surface area contributed by atoms with Gasteiger partial charge < -0.3 is 44.5 Å². The van der Waals surface area contributed by atoms with Crippen molar-refractivity contribution in [3.05, 3.63) is 64.7 Å². The fourth-order valence-electron chi connectivity index (χ4n) is 5.69. The van der Waals surface area contributed by atoms with Gasteiger partial charge in [0.05, 0.1) is 25.7 Å². The molecule has 1 aliphatic carbocycles. The summed E-state index contributed by atoms with van der Waals surface area (Å²) in [6.45, 7) is 1.72. The first-order chi connectivity index (χ1) is 23.7. The van der Waals surface area contributed by atoms with Crippen LogP contribution in [0.3, 0.4) is 0 Å². The minimum absolute atomic E-state index is 0.0371. The van der Waals surface area contributed by atoms with Crippen molar-refractivity contribution in [3.63, 3.8) is 0 Å². The average molecular weight is 721 g/mol. The maximum absolute atomic E-state index is 14.5. The predicted octanol–water partition coefficient (Wildman–Crippen LogP) is 3.57. The van der Waals surface area contributed by atoms with Crippen molar-refractivity contribution in [2.75, 3.05) is 60.3 Å². The van der Waals surface area contributed by atoms with Crippen LogP contribution in [0.15, 0.2) is 36.4 Å². The van der Waals surface area contributed by atoms with Gasteiger partial charge in [0.15, 0.2) is 11.6 Å². The molecule has 4 rings (SSSR count). The number of carbonyl (C=O) groups is 2. The number of aliphatic hydroxyl groups is 2. The molecule has 11 nitrogen and oxygen atoms in total. The SMILES string of the molecule is COCCCc1cc(CN(C(=O)[C@H]2CNCC[C@]2(OCC(O)CO)c2ccc(F)c(F)c2)C2CC2)cc(OCCOC)c1.O=C(O)C(F)(F)F. The Hall–Kier alpha value is -3.41. The van der Waals surface area contributed by atoms with Gasteiger partial charge in [-0.2, -0.15) is 13.2 Å².